The molecule has 100 valence electrons. The van der Waals surface area contributed by atoms with Crippen LogP contribution in [0, 0.1) is 20.2 Å². The average molecular weight is 270 g/mol. The third-order valence-corrected chi connectivity index (χ3v) is 1.96. The number of hydrogen-bond acceptors (Lipinski definition) is 8. The van der Waals surface area contributed by atoms with Gasteiger partial charge in [0.1, 0.15) is 5.10 Å². The molecular formula is C5H6N10O4. The number of nitrogens with zero attached hydrogens (tertiary/aromatic N) is 9. The SMILES string of the molecule is O=[N+]([O-])/N=c1\nn[nH]n1CCn1cnc([N+](=O)[O-])n1. The van der Waals surface area contributed by atoms with E-state index >= 15 is 0 Å². The fraction of sp³-hybridized carbons (Fsp3) is 0.400. The molecule has 0 saturated heterocycles. The fourth-order valence-corrected chi connectivity index (χ4v) is 1.20. The van der Waals surface area contributed by atoms with Gasteiger partial charge in [-0.2, -0.15) is 9.90 Å². The molecule has 19 heavy (non-hydrogen) atoms. The molecule has 0 amide bonds. The van der Waals surface area contributed by atoms with Crippen molar-refractivity contribution >= 4 is 5.95 Å². The van der Waals surface area contributed by atoms with Gasteiger partial charge in [-0.25, -0.2) is 14.8 Å². The summed E-state index contributed by atoms with van der Waals surface area (Å²) < 4.78 is 2.40. The van der Waals surface area contributed by atoms with Crippen LogP contribution < -0.4 is 5.62 Å². The molecule has 0 radical (unpaired) electrons. The minimum absolute atomic E-state index is 0.153. The first-order valence-corrected chi connectivity index (χ1v) is 4.77. The maximum atomic E-state index is 10.4. The number of aryl methyl sites for hydroxylation is 2. The molecular weight excluding hydrogens is 264 g/mol. The van der Waals surface area contributed by atoms with E-state index in [0.717, 1.165) is 0 Å². The Morgan fingerprint density at radius 3 is 2.79 bits per heavy atom. The number of aromatic amines is 1. The van der Waals surface area contributed by atoms with Gasteiger partial charge in [0.2, 0.25) is 6.33 Å². The van der Waals surface area contributed by atoms with E-state index in [1.54, 1.807) is 0 Å². The van der Waals surface area contributed by atoms with Crippen LogP contribution in [0.25, 0.3) is 0 Å². The third-order valence-electron chi connectivity index (χ3n) is 1.96. The van der Waals surface area contributed by atoms with E-state index in [1.807, 2.05) is 0 Å². The van der Waals surface area contributed by atoms with Crippen LogP contribution in [0.1, 0.15) is 0 Å². The normalized spacial score (nSPS) is 11.7. The molecule has 0 unspecified atom stereocenters. The molecule has 2 aromatic rings. The van der Waals surface area contributed by atoms with E-state index < -0.39 is 15.9 Å². The van der Waals surface area contributed by atoms with Crippen LogP contribution in [0.5, 0.6) is 0 Å². The highest BCUT2D eigenvalue weighted by atomic mass is 16.7. The van der Waals surface area contributed by atoms with Crippen LogP contribution in [0.15, 0.2) is 11.4 Å². The summed E-state index contributed by atoms with van der Waals surface area (Å²) in [6, 6.07) is 0. The maximum absolute atomic E-state index is 10.4. The molecule has 2 aromatic heterocycles. The van der Waals surface area contributed by atoms with Crippen molar-refractivity contribution in [3.05, 3.63) is 32.2 Å². The largest absolute Gasteiger partial charge is 0.490 e. The molecule has 0 saturated carbocycles. The Morgan fingerprint density at radius 1 is 1.37 bits per heavy atom. The van der Waals surface area contributed by atoms with Crippen LogP contribution in [-0.2, 0) is 13.1 Å². The van der Waals surface area contributed by atoms with Gasteiger partial charge >= 0.3 is 11.6 Å². The van der Waals surface area contributed by atoms with Crippen LogP contribution >= 0.6 is 0 Å². The summed E-state index contributed by atoms with van der Waals surface area (Å²) in [6.07, 6.45) is 1.17. The van der Waals surface area contributed by atoms with Crippen molar-refractivity contribution in [1.82, 2.24) is 35.0 Å². The van der Waals surface area contributed by atoms with E-state index in [-0.39, 0.29) is 18.7 Å². The van der Waals surface area contributed by atoms with Gasteiger partial charge < -0.3 is 10.1 Å². The Kier molecular flexibility index (Phi) is 3.22. The highest BCUT2D eigenvalue weighted by Crippen LogP contribution is 1.99. The average Bonchev–Trinajstić information content (AvgIpc) is 2.94. The summed E-state index contributed by atoms with van der Waals surface area (Å²) in [5.74, 6) is -0.525. The van der Waals surface area contributed by atoms with Crippen molar-refractivity contribution in [3.8, 4) is 0 Å². The number of H-pyrrole nitrogens is 1. The Morgan fingerprint density at radius 2 is 2.16 bits per heavy atom. The number of tetrazole rings is 1. The molecule has 0 spiro atoms. The van der Waals surface area contributed by atoms with Gasteiger partial charge in [-0.1, -0.05) is 10.1 Å². The molecule has 2 heterocycles. The molecule has 0 aliphatic rings. The summed E-state index contributed by atoms with van der Waals surface area (Å²) in [5.41, 5.74) is -0.223. The smallest absolute Gasteiger partial charge is 0.390 e. The lowest BCUT2D eigenvalue weighted by Gasteiger charge is -1.96. The maximum Gasteiger partial charge on any atom is 0.490 e. The predicted octanol–water partition coefficient (Wildman–Crippen LogP) is -2.10. The van der Waals surface area contributed by atoms with Gasteiger partial charge in [-0.05, 0) is 10.1 Å². The molecule has 0 aliphatic carbocycles. The summed E-state index contributed by atoms with van der Waals surface area (Å²) in [5, 5.41) is 35.4. The second-order valence-corrected chi connectivity index (χ2v) is 3.15. The number of rotatable bonds is 5. The van der Waals surface area contributed by atoms with Gasteiger partial charge in [-0.3, -0.25) is 0 Å². The highest BCUT2D eigenvalue weighted by Gasteiger charge is 2.13. The van der Waals surface area contributed by atoms with Crippen molar-refractivity contribution in [3.63, 3.8) is 0 Å². The van der Waals surface area contributed by atoms with Crippen molar-refractivity contribution in [2.45, 2.75) is 13.1 Å². The summed E-state index contributed by atoms with van der Waals surface area (Å²) in [6.45, 7) is 0.329. The summed E-state index contributed by atoms with van der Waals surface area (Å²) >= 11 is 0. The first-order chi connectivity index (χ1) is 9.06. The van der Waals surface area contributed by atoms with Gasteiger partial charge in [0, 0.05) is 5.10 Å². The second kappa shape index (κ2) is 4.98. The summed E-state index contributed by atoms with van der Waals surface area (Å²) in [7, 11) is 0. The molecule has 0 bridgehead atoms. The fourth-order valence-electron chi connectivity index (χ4n) is 1.20. The number of aromatic nitrogens is 7. The second-order valence-electron chi connectivity index (χ2n) is 3.15. The van der Waals surface area contributed by atoms with Gasteiger partial charge in [0.05, 0.1) is 13.1 Å². The van der Waals surface area contributed by atoms with Crippen molar-refractivity contribution < 1.29 is 9.96 Å². The minimum atomic E-state index is -0.908. The van der Waals surface area contributed by atoms with Gasteiger partial charge in [0.25, 0.3) is 0 Å². The molecule has 0 aliphatic heterocycles. The van der Waals surface area contributed by atoms with E-state index in [9.17, 15) is 20.2 Å². The van der Waals surface area contributed by atoms with Crippen LogP contribution in [0.4, 0.5) is 5.95 Å². The van der Waals surface area contributed by atoms with Crippen LogP contribution in [-0.4, -0.2) is 44.9 Å². The first kappa shape index (κ1) is 12.3. The van der Waals surface area contributed by atoms with E-state index in [2.05, 4.69) is 30.7 Å². The lowest BCUT2D eigenvalue weighted by atomic mass is 10.6. The van der Waals surface area contributed by atoms with Crippen LogP contribution in [0.2, 0.25) is 0 Å². The van der Waals surface area contributed by atoms with E-state index in [4.69, 9.17) is 0 Å². The first-order valence-electron chi connectivity index (χ1n) is 4.77. The zero-order valence-electron chi connectivity index (χ0n) is 9.15. The summed E-state index contributed by atoms with van der Waals surface area (Å²) in [4.78, 5) is 23.3. The Balaban J connectivity index is 2.08. The zero-order chi connectivity index (χ0) is 13.8. The monoisotopic (exact) mass is 270 g/mol. The Bertz CT molecular complexity index is 665. The quantitative estimate of drug-likeness (QED) is 0.474. The van der Waals surface area contributed by atoms with Crippen molar-refractivity contribution in [1.29, 1.82) is 0 Å². The Hall–Kier alpha value is -3.19. The number of hydrogen-bond donors (Lipinski definition) is 1. The topological polar surface area (TPSA) is 176 Å². The van der Waals surface area contributed by atoms with Gasteiger partial charge in [0.15, 0.2) is 5.03 Å². The van der Waals surface area contributed by atoms with Crippen molar-refractivity contribution in [2.24, 2.45) is 5.10 Å². The molecule has 14 heteroatoms. The number of nitrogens with one attached hydrogen (secondary N) is 1. The van der Waals surface area contributed by atoms with Gasteiger partial charge in [-0.15, -0.1) is 0 Å². The van der Waals surface area contributed by atoms with E-state index in [0.29, 0.717) is 0 Å². The zero-order valence-corrected chi connectivity index (χ0v) is 9.15. The predicted molar refractivity (Wildman–Crippen MR) is 53.6 cm³/mol. The van der Waals surface area contributed by atoms with Crippen molar-refractivity contribution in [2.75, 3.05) is 0 Å². The lowest BCUT2D eigenvalue weighted by Crippen LogP contribution is -2.24. The van der Waals surface area contributed by atoms with E-state index in [1.165, 1.54) is 15.7 Å². The highest BCUT2D eigenvalue weighted by molar-refractivity contribution is 4.96. The van der Waals surface area contributed by atoms with Crippen LogP contribution in [0.3, 0.4) is 0 Å². The third kappa shape index (κ3) is 2.93. The number of nitro groups is 2. The standard InChI is InChI=1S/C5H6N10O4/c16-14(17)4-6-3-12(8-4)1-2-13-5(7-10-11-13)9-15(18)19/h3H,1-2H2,(H,7,9,11). The molecule has 0 fully saturated rings. The minimum Gasteiger partial charge on any atom is -0.390 e. The molecule has 0 atom stereocenters. The molecule has 2 rings (SSSR count). The molecule has 1 N–H and O–H groups in total. The lowest BCUT2D eigenvalue weighted by molar-refractivity contribution is -0.491. The Labute approximate surface area is 102 Å². The molecule has 0 aromatic carbocycles. The molecule has 14 nitrogen and oxygen atoms in total.